The van der Waals surface area contributed by atoms with Crippen LogP contribution in [0.15, 0.2) is 48.7 Å². The largest absolute Gasteiger partial charge is 0.419 e. The third kappa shape index (κ3) is 7.05. The van der Waals surface area contributed by atoms with E-state index in [-0.39, 0.29) is 24.6 Å². The van der Waals surface area contributed by atoms with E-state index in [1.165, 1.54) is 4.90 Å². The lowest BCUT2D eigenvalue weighted by atomic mass is 10.1. The number of sulfonamides is 1. The first-order valence-corrected chi connectivity index (χ1v) is 14.4. The molecule has 1 N–H and O–H groups in total. The molecule has 1 aliphatic rings. The Hall–Kier alpha value is -3.76. The van der Waals surface area contributed by atoms with Crippen molar-refractivity contribution in [2.45, 2.75) is 44.3 Å². The molecule has 4 rings (SSSR count). The molecule has 0 aliphatic heterocycles. The number of benzene rings is 2. The fourth-order valence-corrected chi connectivity index (χ4v) is 4.85. The fourth-order valence-electron chi connectivity index (χ4n) is 4.39. The Bertz CT molecular complexity index is 1540. The third-order valence-electron chi connectivity index (χ3n) is 6.59. The van der Waals surface area contributed by atoms with Gasteiger partial charge in [0.2, 0.25) is 15.9 Å². The molecule has 1 heterocycles. The lowest BCUT2D eigenvalue weighted by Gasteiger charge is -2.30. The van der Waals surface area contributed by atoms with E-state index in [4.69, 9.17) is 10.2 Å². The highest BCUT2D eigenvalue weighted by Crippen LogP contribution is 2.40. The number of hydrogen-bond acceptors (Lipinski definition) is 5. The van der Waals surface area contributed by atoms with Gasteiger partial charge in [0.15, 0.2) is 0 Å². The molecule has 212 valence electrons. The summed E-state index contributed by atoms with van der Waals surface area (Å²) in [5.74, 6) is -1.30. The van der Waals surface area contributed by atoms with Crippen LogP contribution in [0.2, 0.25) is 0 Å². The summed E-state index contributed by atoms with van der Waals surface area (Å²) in [5.41, 5.74) is 0.459. The van der Waals surface area contributed by atoms with Gasteiger partial charge in [0, 0.05) is 30.9 Å². The molecular formula is C27H27F4N5O3S. The molecular weight excluding hydrogens is 550 g/mol. The molecule has 1 aromatic heterocycles. The minimum atomic E-state index is -4.93. The van der Waals surface area contributed by atoms with Gasteiger partial charge < -0.3 is 9.47 Å². The number of hydrogen-bond donors (Lipinski definition) is 1. The van der Waals surface area contributed by atoms with Crippen molar-refractivity contribution >= 4 is 15.9 Å². The predicted octanol–water partition coefficient (Wildman–Crippen LogP) is 4.46. The van der Waals surface area contributed by atoms with Crippen LogP contribution in [0.4, 0.5) is 17.6 Å². The molecule has 3 aromatic rings. The zero-order valence-electron chi connectivity index (χ0n) is 21.7. The van der Waals surface area contributed by atoms with Gasteiger partial charge in [-0.15, -0.1) is 0 Å². The van der Waals surface area contributed by atoms with Crippen molar-refractivity contribution in [3.05, 3.63) is 82.7 Å². The molecule has 1 amide bonds. The SMILES string of the molecule is C[C@H](c1nc(C2CC2)cn1-c1ccc(C#N)cc1)N(CCNS(C)(=O)=O)C(=O)Cc1ccc(F)c(C(F)(F)F)c1. The van der Waals surface area contributed by atoms with Crippen LogP contribution < -0.4 is 4.72 Å². The first-order chi connectivity index (χ1) is 18.8. The summed E-state index contributed by atoms with van der Waals surface area (Å²) in [6, 6.07) is 10.5. The van der Waals surface area contributed by atoms with E-state index >= 15 is 0 Å². The summed E-state index contributed by atoms with van der Waals surface area (Å²) < 4.78 is 81.0. The van der Waals surface area contributed by atoms with Gasteiger partial charge in [-0.2, -0.15) is 18.4 Å². The van der Waals surface area contributed by atoms with Crippen LogP contribution in [-0.4, -0.2) is 48.1 Å². The summed E-state index contributed by atoms with van der Waals surface area (Å²) in [5, 5.41) is 9.15. The van der Waals surface area contributed by atoms with Crippen LogP contribution in [0.1, 0.15) is 59.9 Å². The Morgan fingerprint density at radius 1 is 1.23 bits per heavy atom. The second kappa shape index (κ2) is 11.4. The van der Waals surface area contributed by atoms with E-state index in [9.17, 15) is 30.8 Å². The van der Waals surface area contributed by atoms with Crippen LogP contribution in [0.3, 0.4) is 0 Å². The van der Waals surface area contributed by atoms with Crippen molar-refractivity contribution in [3.63, 3.8) is 0 Å². The van der Waals surface area contributed by atoms with Crippen LogP contribution in [0.5, 0.6) is 0 Å². The molecule has 0 saturated heterocycles. The number of rotatable bonds is 10. The summed E-state index contributed by atoms with van der Waals surface area (Å²) in [6.45, 7) is 1.46. The van der Waals surface area contributed by atoms with Gasteiger partial charge in [-0.3, -0.25) is 4.79 Å². The Morgan fingerprint density at radius 3 is 2.48 bits per heavy atom. The summed E-state index contributed by atoms with van der Waals surface area (Å²) in [7, 11) is -3.58. The molecule has 0 radical (unpaired) electrons. The van der Waals surface area contributed by atoms with E-state index in [2.05, 4.69) is 10.8 Å². The van der Waals surface area contributed by atoms with Crippen LogP contribution in [-0.2, 0) is 27.4 Å². The average Bonchev–Trinajstić information content (AvgIpc) is 3.64. The highest BCUT2D eigenvalue weighted by atomic mass is 32.2. The van der Waals surface area contributed by atoms with E-state index in [1.807, 2.05) is 6.20 Å². The lowest BCUT2D eigenvalue weighted by Crippen LogP contribution is -2.41. The monoisotopic (exact) mass is 577 g/mol. The molecule has 0 spiro atoms. The number of aromatic nitrogens is 2. The number of alkyl halides is 3. The second-order valence-corrected chi connectivity index (χ2v) is 11.6. The lowest BCUT2D eigenvalue weighted by molar-refractivity contribution is -0.140. The topological polar surface area (TPSA) is 108 Å². The second-order valence-electron chi connectivity index (χ2n) is 9.75. The zero-order chi connectivity index (χ0) is 29.2. The molecule has 13 heteroatoms. The summed E-state index contributed by atoms with van der Waals surface area (Å²) in [6.07, 6.45) is -0.645. The van der Waals surface area contributed by atoms with E-state index in [0.29, 0.717) is 29.2 Å². The van der Waals surface area contributed by atoms with Gasteiger partial charge in [0.1, 0.15) is 11.6 Å². The normalized spacial score (nSPS) is 14.5. The molecule has 1 fully saturated rings. The molecule has 1 saturated carbocycles. The van der Waals surface area contributed by atoms with Crippen LogP contribution in [0, 0.1) is 17.1 Å². The maximum Gasteiger partial charge on any atom is 0.419 e. The summed E-state index contributed by atoms with van der Waals surface area (Å²) >= 11 is 0. The molecule has 40 heavy (non-hydrogen) atoms. The predicted molar refractivity (Wildman–Crippen MR) is 138 cm³/mol. The third-order valence-corrected chi connectivity index (χ3v) is 7.32. The Morgan fingerprint density at radius 2 is 1.90 bits per heavy atom. The molecule has 2 aromatic carbocycles. The van der Waals surface area contributed by atoms with Gasteiger partial charge in [-0.25, -0.2) is 22.5 Å². The highest BCUT2D eigenvalue weighted by Gasteiger charge is 2.35. The summed E-state index contributed by atoms with van der Waals surface area (Å²) in [4.78, 5) is 19.6. The first-order valence-electron chi connectivity index (χ1n) is 12.5. The minimum Gasteiger partial charge on any atom is -0.331 e. The van der Waals surface area contributed by atoms with Crippen molar-refractivity contribution in [3.8, 4) is 11.8 Å². The fraction of sp³-hybridized carbons (Fsp3) is 0.370. The number of nitriles is 1. The average molecular weight is 578 g/mol. The molecule has 1 aliphatic carbocycles. The van der Waals surface area contributed by atoms with Crippen LogP contribution in [0.25, 0.3) is 5.69 Å². The molecule has 1 atom stereocenters. The van der Waals surface area contributed by atoms with Crippen molar-refractivity contribution < 1.29 is 30.8 Å². The number of carbonyl (C=O) groups excluding carboxylic acids is 1. The van der Waals surface area contributed by atoms with E-state index in [1.54, 1.807) is 35.8 Å². The number of nitrogens with one attached hydrogen (secondary N) is 1. The molecule has 8 nitrogen and oxygen atoms in total. The van der Waals surface area contributed by atoms with Gasteiger partial charge >= 0.3 is 6.18 Å². The van der Waals surface area contributed by atoms with Gasteiger partial charge in [-0.1, -0.05) is 6.07 Å². The van der Waals surface area contributed by atoms with Crippen molar-refractivity contribution in [1.29, 1.82) is 5.26 Å². The van der Waals surface area contributed by atoms with Crippen molar-refractivity contribution in [2.24, 2.45) is 0 Å². The van der Waals surface area contributed by atoms with Crippen molar-refractivity contribution in [1.82, 2.24) is 19.2 Å². The number of halogens is 4. The number of nitrogens with zero attached hydrogens (tertiary/aromatic N) is 4. The van der Waals surface area contributed by atoms with Gasteiger partial charge in [-0.05, 0) is 61.7 Å². The highest BCUT2D eigenvalue weighted by molar-refractivity contribution is 7.88. The maximum atomic E-state index is 13.8. The quantitative estimate of drug-likeness (QED) is 0.358. The van der Waals surface area contributed by atoms with Gasteiger partial charge in [0.25, 0.3) is 0 Å². The Kier molecular flexibility index (Phi) is 8.32. The number of amides is 1. The van der Waals surface area contributed by atoms with E-state index in [0.717, 1.165) is 30.9 Å². The standard InChI is InChI=1S/C27H27F4N5O3S/c1-17(26-34-24(20-6-7-20)16-36(26)21-8-3-18(15-32)4-9-21)35(12-11-33-40(2,38)39)25(37)14-19-5-10-23(28)22(13-19)27(29,30)31/h3-5,8-10,13,16-17,20,33H,6-7,11-12,14H2,1-2H3/t17-/m1/s1. The zero-order valence-corrected chi connectivity index (χ0v) is 22.6. The maximum absolute atomic E-state index is 13.8. The molecule has 0 unspecified atom stereocenters. The Balaban J connectivity index is 1.68. The van der Waals surface area contributed by atoms with Crippen molar-refractivity contribution in [2.75, 3.05) is 19.3 Å². The molecule has 0 bridgehead atoms. The number of imidazole rings is 1. The van der Waals surface area contributed by atoms with Gasteiger partial charge in [0.05, 0.1) is 41.6 Å². The number of carbonyl (C=O) groups is 1. The minimum absolute atomic E-state index is 0.0406. The smallest absolute Gasteiger partial charge is 0.331 e. The Labute approximate surface area is 229 Å². The first kappa shape index (κ1) is 29.2. The van der Waals surface area contributed by atoms with Crippen LogP contribution >= 0.6 is 0 Å². The van der Waals surface area contributed by atoms with E-state index < -0.39 is 46.0 Å².